The van der Waals surface area contributed by atoms with Gasteiger partial charge in [0.25, 0.3) is 0 Å². The number of anilines is 5. The summed E-state index contributed by atoms with van der Waals surface area (Å²) in [7, 11) is 1.73. The van der Waals surface area contributed by atoms with Crippen LogP contribution in [0.3, 0.4) is 0 Å². The number of likely N-dealkylation sites (tertiary alicyclic amines) is 1. The lowest BCUT2D eigenvalue weighted by atomic mass is 9.91. The maximum Gasteiger partial charge on any atom is 0.230 e. The lowest BCUT2D eigenvalue weighted by Crippen LogP contribution is -2.50. The number of methoxy groups -OCH3 is 1. The minimum atomic E-state index is -0.695. The fraction of sp³-hybridized carbons (Fsp3) is 0.419. The third-order valence-electron chi connectivity index (χ3n) is 8.18. The van der Waals surface area contributed by atoms with Crippen LogP contribution in [-0.2, 0) is 5.41 Å². The van der Waals surface area contributed by atoms with Crippen LogP contribution in [0.1, 0.15) is 44.4 Å². The maximum atomic E-state index is 9.57. The normalized spacial score (nSPS) is 16.3. The number of nitrogens with one attached hydrogen (secondary N) is 2. The first-order valence-corrected chi connectivity index (χ1v) is 15.1. The number of fused-ring (bicyclic) bond motifs is 1. The molecule has 0 aliphatic carbocycles. The molecule has 6 rings (SSSR count). The van der Waals surface area contributed by atoms with Crippen molar-refractivity contribution in [3.8, 4) is 11.8 Å². The first-order valence-electron chi connectivity index (χ1n) is 14.2. The summed E-state index contributed by atoms with van der Waals surface area (Å²) in [6.45, 7) is 10.4. The lowest BCUT2D eigenvalue weighted by Gasteiger charge is -2.43. The Bertz CT molecular complexity index is 1600. The average molecular weight is 569 g/mol. The zero-order valence-corrected chi connectivity index (χ0v) is 24.9. The molecule has 212 valence electrons. The Morgan fingerprint density at radius 3 is 2.56 bits per heavy atom. The van der Waals surface area contributed by atoms with Gasteiger partial charge in [0.2, 0.25) is 5.95 Å². The number of rotatable bonds is 8. The van der Waals surface area contributed by atoms with Crippen LogP contribution in [0.15, 0.2) is 41.8 Å². The van der Waals surface area contributed by atoms with E-state index in [-0.39, 0.29) is 0 Å². The Kier molecular flexibility index (Phi) is 7.41. The monoisotopic (exact) mass is 568 g/mol. The first-order chi connectivity index (χ1) is 19.8. The molecule has 0 spiro atoms. The largest absolute Gasteiger partial charge is 0.495 e. The third-order valence-corrected chi connectivity index (χ3v) is 9.17. The molecule has 0 saturated carbocycles. The number of piperidine rings is 1. The van der Waals surface area contributed by atoms with Gasteiger partial charge < -0.3 is 25.2 Å². The number of nitriles is 1. The van der Waals surface area contributed by atoms with Gasteiger partial charge in [0.1, 0.15) is 22.2 Å². The van der Waals surface area contributed by atoms with Crippen molar-refractivity contribution < 1.29 is 4.74 Å². The number of benzene rings is 1. The van der Waals surface area contributed by atoms with Crippen molar-refractivity contribution in [3.63, 3.8) is 0 Å². The second-order valence-electron chi connectivity index (χ2n) is 11.4. The van der Waals surface area contributed by atoms with E-state index in [0.717, 1.165) is 52.0 Å². The van der Waals surface area contributed by atoms with Gasteiger partial charge in [-0.3, -0.25) is 0 Å². The topological polar surface area (TPSA) is 102 Å². The van der Waals surface area contributed by atoms with Crippen LogP contribution in [-0.4, -0.2) is 59.2 Å². The number of nitrogens with zero attached hydrogens (tertiary/aromatic N) is 6. The van der Waals surface area contributed by atoms with E-state index in [0.29, 0.717) is 23.3 Å². The van der Waals surface area contributed by atoms with Crippen molar-refractivity contribution in [3.05, 3.63) is 53.0 Å². The summed E-state index contributed by atoms with van der Waals surface area (Å²) in [5.74, 6) is 2.63. The Labute approximate surface area is 245 Å². The lowest BCUT2D eigenvalue weighted by molar-refractivity contribution is 0.100. The molecule has 41 heavy (non-hydrogen) atoms. The average Bonchev–Trinajstić information content (AvgIpc) is 3.33. The van der Waals surface area contributed by atoms with E-state index in [9.17, 15) is 5.26 Å². The molecule has 5 heterocycles. The molecule has 1 aromatic carbocycles. The molecule has 2 aliphatic rings. The zero-order valence-electron chi connectivity index (χ0n) is 24.1. The van der Waals surface area contributed by atoms with Gasteiger partial charge in [-0.05, 0) is 88.3 Å². The smallest absolute Gasteiger partial charge is 0.230 e. The Hall–Kier alpha value is -3.94. The molecular formula is C31H36N8OS. The van der Waals surface area contributed by atoms with Gasteiger partial charge in [-0.15, -0.1) is 11.3 Å². The maximum absolute atomic E-state index is 9.57. The van der Waals surface area contributed by atoms with Crippen LogP contribution < -0.4 is 20.3 Å². The second-order valence-corrected chi connectivity index (χ2v) is 12.2. The van der Waals surface area contributed by atoms with Gasteiger partial charge in [0.05, 0.1) is 35.4 Å². The van der Waals surface area contributed by atoms with E-state index >= 15 is 0 Å². The van der Waals surface area contributed by atoms with Crippen LogP contribution >= 0.6 is 11.3 Å². The van der Waals surface area contributed by atoms with Gasteiger partial charge in [0, 0.05) is 30.9 Å². The summed E-state index contributed by atoms with van der Waals surface area (Å²) >= 11 is 1.58. The number of thiophene rings is 1. The van der Waals surface area contributed by atoms with E-state index in [1.807, 2.05) is 38.1 Å². The predicted octanol–water partition coefficient (Wildman–Crippen LogP) is 6.37. The molecule has 0 amide bonds. The van der Waals surface area contributed by atoms with Gasteiger partial charge in [-0.25, -0.2) is 9.97 Å². The fourth-order valence-electron chi connectivity index (χ4n) is 5.58. The Balaban J connectivity index is 1.24. The predicted molar refractivity (Wildman–Crippen MR) is 166 cm³/mol. The summed E-state index contributed by atoms with van der Waals surface area (Å²) in [4.78, 5) is 20.3. The minimum Gasteiger partial charge on any atom is -0.495 e. The number of hydrogen-bond acceptors (Lipinski definition) is 10. The van der Waals surface area contributed by atoms with Crippen molar-refractivity contribution in [1.82, 2.24) is 19.9 Å². The number of ether oxygens (including phenoxy) is 1. The molecule has 2 aliphatic heterocycles. The number of hydrogen-bond donors (Lipinski definition) is 2. The van der Waals surface area contributed by atoms with Crippen molar-refractivity contribution in [2.45, 2.75) is 51.5 Å². The zero-order chi connectivity index (χ0) is 28.6. The van der Waals surface area contributed by atoms with Gasteiger partial charge in [-0.1, -0.05) is 6.07 Å². The SMILES string of the molecule is COc1cc(Nc2nc(Nc3cccc(C(C)(C)C#N)n3)c3c(C)csc3n2)ccc1N1CCC(N2CCC2)CC1. The molecule has 3 aromatic heterocycles. The highest BCUT2D eigenvalue weighted by Gasteiger charge is 2.29. The van der Waals surface area contributed by atoms with Crippen LogP contribution in [0.25, 0.3) is 10.2 Å². The highest BCUT2D eigenvalue weighted by molar-refractivity contribution is 7.17. The summed E-state index contributed by atoms with van der Waals surface area (Å²) in [6.07, 6.45) is 3.73. The molecule has 0 unspecified atom stereocenters. The van der Waals surface area contributed by atoms with E-state index in [1.165, 1.54) is 32.4 Å². The molecule has 0 radical (unpaired) electrons. The highest BCUT2D eigenvalue weighted by atomic mass is 32.1. The third kappa shape index (κ3) is 5.52. The molecule has 0 bridgehead atoms. The van der Waals surface area contributed by atoms with Crippen LogP contribution in [0.2, 0.25) is 0 Å². The molecular weight excluding hydrogens is 532 g/mol. The summed E-state index contributed by atoms with van der Waals surface area (Å²) in [6, 6.07) is 14.9. The van der Waals surface area contributed by atoms with Gasteiger partial charge in [-0.2, -0.15) is 10.2 Å². The van der Waals surface area contributed by atoms with Crippen LogP contribution in [0.4, 0.5) is 29.0 Å². The van der Waals surface area contributed by atoms with E-state index in [1.54, 1.807) is 18.4 Å². The summed E-state index contributed by atoms with van der Waals surface area (Å²) < 4.78 is 5.83. The number of pyridine rings is 1. The highest BCUT2D eigenvalue weighted by Crippen LogP contribution is 2.36. The number of aromatic nitrogens is 3. The molecule has 9 nitrogen and oxygen atoms in total. The summed E-state index contributed by atoms with van der Waals surface area (Å²) in [5.41, 5.74) is 3.08. The summed E-state index contributed by atoms with van der Waals surface area (Å²) in [5, 5.41) is 19.4. The molecule has 2 N–H and O–H groups in total. The van der Waals surface area contributed by atoms with Gasteiger partial charge >= 0.3 is 0 Å². The quantitative estimate of drug-likeness (QED) is 0.251. The van der Waals surface area contributed by atoms with E-state index in [2.05, 4.69) is 50.9 Å². The second kappa shape index (κ2) is 11.1. The van der Waals surface area contributed by atoms with Gasteiger partial charge in [0.15, 0.2) is 0 Å². The minimum absolute atomic E-state index is 0.487. The molecule has 2 saturated heterocycles. The standard InChI is InChI=1S/C31H36N8OS/c1-20-18-41-29-27(20)28(35-26-8-5-7-25(34-26)31(2,3)19-32)36-30(37-29)33-21-9-10-23(24(17-21)40-4)39-15-11-22(12-16-39)38-13-6-14-38/h5,7-10,17-18,22H,6,11-16H2,1-4H3,(H2,33,34,35,36,37). The van der Waals surface area contributed by atoms with Crippen molar-refractivity contribution >= 4 is 50.5 Å². The van der Waals surface area contributed by atoms with Crippen molar-refractivity contribution in [1.29, 1.82) is 5.26 Å². The Morgan fingerprint density at radius 1 is 1.05 bits per heavy atom. The molecule has 0 atom stereocenters. The van der Waals surface area contributed by atoms with Crippen molar-refractivity contribution in [2.24, 2.45) is 0 Å². The Morgan fingerprint density at radius 2 is 1.85 bits per heavy atom. The first kappa shape index (κ1) is 27.2. The molecule has 4 aromatic rings. The molecule has 2 fully saturated rings. The van der Waals surface area contributed by atoms with Crippen molar-refractivity contribution in [2.75, 3.05) is 48.8 Å². The van der Waals surface area contributed by atoms with Crippen LogP contribution in [0.5, 0.6) is 5.75 Å². The van der Waals surface area contributed by atoms with E-state index in [4.69, 9.17) is 19.7 Å². The number of aryl methyl sites for hydroxylation is 1. The fourth-order valence-corrected chi connectivity index (χ4v) is 6.51. The van der Waals surface area contributed by atoms with Crippen LogP contribution in [0, 0.1) is 18.3 Å². The van der Waals surface area contributed by atoms with E-state index < -0.39 is 5.41 Å². The molecule has 10 heteroatoms.